The van der Waals surface area contributed by atoms with Crippen LogP contribution in [0.2, 0.25) is 0 Å². The minimum Gasteiger partial charge on any atom is -0.496 e. The van der Waals surface area contributed by atoms with Crippen molar-refractivity contribution in [3.63, 3.8) is 0 Å². The average Bonchev–Trinajstić information content (AvgIpc) is 4.12. The smallest absolute Gasteiger partial charge is 0.253 e. The molecule has 4 aromatic heterocycles. The van der Waals surface area contributed by atoms with Crippen molar-refractivity contribution >= 4 is 18.1 Å². The van der Waals surface area contributed by atoms with Crippen LogP contribution in [-0.4, -0.2) is 63.3 Å². The Balaban J connectivity index is 0.000000136. The Hall–Kier alpha value is -6.93. The lowest BCUT2D eigenvalue weighted by Crippen LogP contribution is -2.43. The molecule has 0 bridgehead atoms. The van der Waals surface area contributed by atoms with Gasteiger partial charge in [0.2, 0.25) is 0 Å². The molecule has 298 valence electrons. The fourth-order valence-corrected chi connectivity index (χ4v) is 9.87. The molecule has 60 heavy (non-hydrogen) atoms. The zero-order valence-electron chi connectivity index (χ0n) is 33.4. The predicted molar refractivity (Wildman–Crippen MR) is 226 cm³/mol. The topological polar surface area (TPSA) is 151 Å². The third-order valence-electron chi connectivity index (χ3n) is 13.4. The number of benzene rings is 2. The number of aldehydes is 1. The van der Waals surface area contributed by atoms with Gasteiger partial charge in [-0.05, 0) is 122 Å². The van der Waals surface area contributed by atoms with E-state index in [-0.39, 0.29) is 22.9 Å². The average molecular weight is 795 g/mol. The van der Waals surface area contributed by atoms with E-state index in [0.29, 0.717) is 22.6 Å². The molecule has 6 aliphatic rings. The van der Waals surface area contributed by atoms with Crippen LogP contribution in [0.15, 0.2) is 60.9 Å². The largest absolute Gasteiger partial charge is 0.496 e. The third-order valence-corrected chi connectivity index (χ3v) is 13.4. The van der Waals surface area contributed by atoms with Crippen molar-refractivity contribution in [2.75, 3.05) is 14.2 Å². The molecular formula is C49H42N6O5. The summed E-state index contributed by atoms with van der Waals surface area (Å²) >= 11 is 0. The first-order valence-corrected chi connectivity index (χ1v) is 20.6. The molecule has 6 aromatic rings. The number of aromatic nitrogens is 4. The Kier molecular flexibility index (Phi) is 8.01. The number of methoxy groups -OCH3 is 2. The minimum absolute atomic E-state index is 0.00150. The monoisotopic (exact) mass is 794 g/mol. The number of hydrogen-bond acceptors (Lipinski definition) is 7. The van der Waals surface area contributed by atoms with E-state index in [1.807, 2.05) is 36.7 Å². The van der Waals surface area contributed by atoms with Gasteiger partial charge in [-0.1, -0.05) is 5.92 Å². The van der Waals surface area contributed by atoms with Gasteiger partial charge in [-0.15, -0.1) is 6.42 Å². The van der Waals surface area contributed by atoms with Crippen LogP contribution in [0.3, 0.4) is 0 Å². The van der Waals surface area contributed by atoms with Crippen LogP contribution in [0.4, 0.5) is 0 Å². The molecule has 2 aromatic carbocycles. The van der Waals surface area contributed by atoms with Crippen LogP contribution in [0.1, 0.15) is 96.0 Å². The first-order valence-electron chi connectivity index (χ1n) is 20.6. The number of H-pyrrole nitrogens is 2. The molecule has 11 heteroatoms. The van der Waals surface area contributed by atoms with E-state index in [1.165, 1.54) is 11.1 Å². The van der Waals surface area contributed by atoms with Gasteiger partial charge in [0.15, 0.2) is 6.29 Å². The van der Waals surface area contributed by atoms with Gasteiger partial charge >= 0.3 is 0 Å². The van der Waals surface area contributed by atoms with Crippen molar-refractivity contribution < 1.29 is 23.9 Å². The summed E-state index contributed by atoms with van der Waals surface area (Å²) in [5.41, 5.74) is 17.5. The number of nitrogens with one attached hydrogen (secondary N) is 4. The number of aromatic amines is 2. The van der Waals surface area contributed by atoms with Crippen LogP contribution < -0.4 is 20.1 Å². The zero-order chi connectivity index (χ0) is 40.9. The van der Waals surface area contributed by atoms with Crippen LogP contribution in [0.25, 0.3) is 45.0 Å². The Morgan fingerprint density at radius 2 is 1.18 bits per heavy atom. The Morgan fingerprint density at radius 1 is 0.683 bits per heavy atom. The minimum atomic E-state index is -0.0158. The summed E-state index contributed by atoms with van der Waals surface area (Å²) in [6, 6.07) is 15.5. The maximum absolute atomic E-state index is 12.8. The van der Waals surface area contributed by atoms with E-state index >= 15 is 0 Å². The molecule has 2 saturated carbocycles. The third kappa shape index (κ3) is 5.76. The van der Waals surface area contributed by atoms with Gasteiger partial charge in [0.25, 0.3) is 11.8 Å². The molecule has 0 saturated heterocycles. The quantitative estimate of drug-likeness (QED) is 0.107. The molecule has 2 amide bonds. The summed E-state index contributed by atoms with van der Waals surface area (Å²) in [4.78, 5) is 53.6. The number of fused-ring (bicyclic) bond motifs is 10. The second-order valence-electron chi connectivity index (χ2n) is 17.1. The number of carbonyl (C=O) groups is 3. The maximum atomic E-state index is 12.8. The number of ether oxygens (including phenoxy) is 2. The van der Waals surface area contributed by atoms with Gasteiger partial charge in [-0.25, -0.2) is 0 Å². The molecular weight excluding hydrogens is 753 g/mol. The van der Waals surface area contributed by atoms with Crippen LogP contribution in [0.5, 0.6) is 11.5 Å². The van der Waals surface area contributed by atoms with Gasteiger partial charge in [0.1, 0.15) is 11.5 Å². The molecule has 2 spiro atoms. The molecule has 2 aliphatic heterocycles. The molecule has 6 heterocycles. The second kappa shape index (κ2) is 13.3. The highest BCUT2D eigenvalue weighted by Gasteiger charge is 2.50. The van der Waals surface area contributed by atoms with E-state index in [2.05, 4.69) is 43.6 Å². The lowest BCUT2D eigenvalue weighted by molar-refractivity contribution is 0.0908. The van der Waals surface area contributed by atoms with Crippen molar-refractivity contribution in [2.45, 2.75) is 75.3 Å². The number of hydrogen-bond donors (Lipinski definition) is 4. The number of rotatable bonds is 5. The Labute approximate surface area is 346 Å². The van der Waals surface area contributed by atoms with Gasteiger partial charge in [-0.3, -0.25) is 24.4 Å². The van der Waals surface area contributed by atoms with Gasteiger partial charge in [-0.2, -0.15) is 0 Å². The van der Waals surface area contributed by atoms with Crippen molar-refractivity contribution in [3.05, 3.63) is 117 Å². The summed E-state index contributed by atoms with van der Waals surface area (Å²) in [5, 5.41) is 6.47. The lowest BCUT2D eigenvalue weighted by atomic mass is 9.87. The van der Waals surface area contributed by atoms with E-state index in [9.17, 15) is 14.4 Å². The molecule has 12 rings (SSSR count). The standard InChI is InChI=1S/C25H21N3O2.C24H21N3O3/c1-3-14-10-15(5-7-21(14)30-2)19-11-18-16(13-26-19)4-6-17-22-20(27-23(17)18)12-25(8-9-25)28-24(22)29;1-30-20-5-3-13(8-15(20)12-28)18-9-17-14(11-25-18)2-4-16-21-19(26-22(16)17)10-24(6-7-24)27-23(21)29/h1,5,7,10-11,13,27H,4,6,8-9,12H2,2H3,(H,28,29);3,5,8-9,11-12,26H,2,4,6-7,10H2,1H3,(H,27,29). The maximum Gasteiger partial charge on any atom is 0.253 e. The Morgan fingerprint density at radius 3 is 1.65 bits per heavy atom. The van der Waals surface area contributed by atoms with Crippen LogP contribution in [0, 0.1) is 12.3 Å². The summed E-state index contributed by atoms with van der Waals surface area (Å²) < 4.78 is 10.6. The highest BCUT2D eigenvalue weighted by atomic mass is 16.5. The van der Waals surface area contributed by atoms with Crippen LogP contribution >= 0.6 is 0 Å². The fourth-order valence-electron chi connectivity index (χ4n) is 9.87. The van der Waals surface area contributed by atoms with Crippen LogP contribution in [-0.2, 0) is 38.5 Å². The van der Waals surface area contributed by atoms with Gasteiger partial charge in [0, 0.05) is 70.0 Å². The summed E-state index contributed by atoms with van der Waals surface area (Å²) in [7, 11) is 3.17. The van der Waals surface area contributed by atoms with Crippen molar-refractivity contribution in [1.29, 1.82) is 0 Å². The molecule has 4 N–H and O–H groups in total. The van der Waals surface area contributed by atoms with Crippen molar-refractivity contribution in [3.8, 4) is 68.9 Å². The first kappa shape index (κ1) is 36.2. The molecule has 11 nitrogen and oxygen atoms in total. The first-order chi connectivity index (χ1) is 29.2. The molecule has 4 aliphatic carbocycles. The van der Waals surface area contributed by atoms with E-state index < -0.39 is 0 Å². The molecule has 2 fully saturated rings. The molecule has 0 radical (unpaired) electrons. The van der Waals surface area contributed by atoms with Crippen molar-refractivity contribution in [2.24, 2.45) is 0 Å². The highest BCUT2D eigenvalue weighted by molar-refractivity contribution is 6.02. The van der Waals surface area contributed by atoms with Crippen molar-refractivity contribution in [1.82, 2.24) is 30.6 Å². The normalized spacial score (nSPS) is 17.5. The number of nitrogens with zero attached hydrogens (tertiary/aromatic N) is 2. The van der Waals surface area contributed by atoms with E-state index in [4.69, 9.17) is 20.9 Å². The number of carbonyl (C=O) groups excluding carboxylic acids is 3. The summed E-state index contributed by atoms with van der Waals surface area (Å²) in [5.74, 6) is 4.05. The van der Waals surface area contributed by atoms with Gasteiger partial charge in [0.05, 0.1) is 59.2 Å². The number of terminal acetylenes is 1. The van der Waals surface area contributed by atoms with E-state index in [0.717, 1.165) is 149 Å². The SMILES string of the molecule is C#Cc1cc(-c2cc3c(cn2)CCc2c-3[nH]c3c2C(=O)NC2(CC2)C3)ccc1OC.COc1ccc(-c2cc3c(cn2)CCc2c-3[nH]c3c2C(=O)NC2(CC2)C3)cc1C=O. The van der Waals surface area contributed by atoms with E-state index in [1.54, 1.807) is 26.4 Å². The molecule has 0 atom stereocenters. The highest BCUT2D eigenvalue weighted by Crippen LogP contribution is 2.47. The molecule has 0 unspecified atom stereocenters. The van der Waals surface area contributed by atoms with Gasteiger partial charge < -0.3 is 30.1 Å². The predicted octanol–water partition coefficient (Wildman–Crippen LogP) is 7.13. The fraction of sp³-hybridized carbons (Fsp3) is 0.286. The Bertz CT molecular complexity index is 2900. The number of aryl methyl sites for hydroxylation is 2. The summed E-state index contributed by atoms with van der Waals surface area (Å²) in [6.45, 7) is 0. The number of amides is 2. The second-order valence-corrected chi connectivity index (χ2v) is 17.1. The number of pyridine rings is 2. The summed E-state index contributed by atoms with van der Waals surface area (Å²) in [6.07, 6.45) is 19.8. The zero-order valence-corrected chi connectivity index (χ0v) is 33.4. The lowest BCUT2D eigenvalue weighted by Gasteiger charge is -2.24.